The zero-order valence-corrected chi connectivity index (χ0v) is 24.0. The number of carbonyl (C=O) groups excluding carboxylic acids is 2. The summed E-state index contributed by atoms with van der Waals surface area (Å²) in [4.78, 5) is 49.3. The summed E-state index contributed by atoms with van der Waals surface area (Å²) >= 11 is 12.5. The molecule has 4 aromatic rings. The van der Waals surface area contributed by atoms with Gasteiger partial charge in [0.2, 0.25) is 5.91 Å². The van der Waals surface area contributed by atoms with Gasteiger partial charge in [0.05, 0.1) is 39.2 Å². The predicted octanol–water partition coefficient (Wildman–Crippen LogP) is 2.73. The number of carbonyl (C=O) groups is 2. The largest absolute Gasteiger partial charge is 0.506 e. The molecule has 5 N–H and O–H groups in total. The number of hydrogen-bond acceptors (Lipinski definition) is 8. The van der Waals surface area contributed by atoms with E-state index in [0.717, 1.165) is 13.1 Å². The molecule has 1 fully saturated rings. The first-order chi connectivity index (χ1) is 19.4. The number of fused-ring (bicyclic) bond motifs is 1. The van der Waals surface area contributed by atoms with Crippen LogP contribution in [0.5, 0.6) is 5.75 Å². The van der Waals surface area contributed by atoms with Crippen molar-refractivity contribution in [1.29, 1.82) is 0 Å². The van der Waals surface area contributed by atoms with Gasteiger partial charge in [0.15, 0.2) is 0 Å². The van der Waals surface area contributed by atoms with Crippen LogP contribution in [0.15, 0.2) is 41.7 Å². The van der Waals surface area contributed by atoms with Crippen LogP contribution in [0.3, 0.4) is 0 Å². The first kappa shape index (κ1) is 28.4. The number of anilines is 2. The summed E-state index contributed by atoms with van der Waals surface area (Å²) in [6, 6.07) is 5.03. The summed E-state index contributed by atoms with van der Waals surface area (Å²) in [6.07, 6.45) is 4.42. The van der Waals surface area contributed by atoms with Crippen LogP contribution >= 0.6 is 23.2 Å². The molecule has 1 aliphatic heterocycles. The highest BCUT2D eigenvalue weighted by atomic mass is 35.5. The fourth-order valence-electron chi connectivity index (χ4n) is 5.10. The molecule has 214 valence electrons. The second kappa shape index (κ2) is 11.0. The van der Waals surface area contributed by atoms with E-state index in [0.29, 0.717) is 22.6 Å². The van der Waals surface area contributed by atoms with E-state index in [1.165, 1.54) is 33.8 Å². The fourth-order valence-corrected chi connectivity index (χ4v) is 5.47. The normalized spacial score (nSPS) is 17.1. The minimum atomic E-state index is -0.890. The molecule has 41 heavy (non-hydrogen) atoms. The Morgan fingerprint density at radius 1 is 1.15 bits per heavy atom. The van der Waals surface area contributed by atoms with Crippen LogP contribution in [0, 0.1) is 0 Å². The molecule has 0 saturated carbocycles. The van der Waals surface area contributed by atoms with Crippen LogP contribution in [0.4, 0.5) is 11.5 Å². The van der Waals surface area contributed by atoms with Crippen LogP contribution in [-0.2, 0) is 18.4 Å². The molecule has 4 heterocycles. The number of nitrogens with two attached hydrogens (primary N) is 1. The topological polar surface area (TPSA) is 160 Å². The van der Waals surface area contributed by atoms with Crippen LogP contribution in [0.2, 0.25) is 10.0 Å². The van der Waals surface area contributed by atoms with Gasteiger partial charge >= 0.3 is 0 Å². The number of halogens is 2. The summed E-state index contributed by atoms with van der Waals surface area (Å²) in [5.41, 5.74) is 6.17. The number of pyridine rings is 1. The van der Waals surface area contributed by atoms with Gasteiger partial charge in [-0.15, -0.1) is 0 Å². The van der Waals surface area contributed by atoms with Crippen molar-refractivity contribution < 1.29 is 14.7 Å². The van der Waals surface area contributed by atoms with Gasteiger partial charge in [-0.05, 0) is 31.5 Å². The third-order valence-corrected chi connectivity index (χ3v) is 7.48. The van der Waals surface area contributed by atoms with Crippen LogP contribution in [0.25, 0.3) is 22.2 Å². The third kappa shape index (κ3) is 5.58. The molecule has 0 unspecified atom stereocenters. The molecule has 0 aliphatic carbocycles. The standard InChI is InChI=1S/C27H28Cl2N8O4/c1-13-8-36(9-14(2)33-13)21-6-20(19(29)7-31-21)34-22(38)11-37-10-17(23-26(37)32-12-35(3)27(23)41)15-4-16(25(30)40)24(39)18(28)5-15/h4-7,10,12-14,33,39H,8-9,11H2,1-3H3,(H2,30,40)(H,31,34,38)/t13-,14+. The number of nitrogens with one attached hydrogen (secondary N) is 2. The molecule has 0 spiro atoms. The number of nitrogens with zero attached hydrogens (tertiary/aromatic N) is 5. The molecule has 2 amide bonds. The molecule has 14 heteroatoms. The highest BCUT2D eigenvalue weighted by Gasteiger charge is 2.24. The van der Waals surface area contributed by atoms with Gasteiger partial charge in [0, 0.05) is 50.0 Å². The second-order valence-corrected chi connectivity index (χ2v) is 11.0. The molecular formula is C27H28Cl2N8O4. The maximum absolute atomic E-state index is 13.2. The maximum Gasteiger partial charge on any atom is 0.263 e. The number of aromatic nitrogens is 4. The van der Waals surface area contributed by atoms with E-state index in [9.17, 15) is 19.5 Å². The number of amides is 2. The average Bonchev–Trinajstić information content (AvgIpc) is 3.26. The maximum atomic E-state index is 13.2. The van der Waals surface area contributed by atoms with Crippen molar-refractivity contribution in [2.75, 3.05) is 23.3 Å². The van der Waals surface area contributed by atoms with Gasteiger partial charge in [-0.3, -0.25) is 14.4 Å². The number of rotatable bonds is 6. The summed E-state index contributed by atoms with van der Waals surface area (Å²) in [6.45, 7) is 5.49. The van der Waals surface area contributed by atoms with Crippen molar-refractivity contribution in [1.82, 2.24) is 24.4 Å². The number of phenols is 1. The number of benzene rings is 1. The predicted molar refractivity (Wildman–Crippen MR) is 158 cm³/mol. The SMILES string of the molecule is C[C@@H]1CN(c2cc(NC(=O)Cn3cc(-c4cc(Cl)c(O)c(C(N)=O)c4)c4c(=O)n(C)cnc43)c(Cl)cn2)C[C@H](C)N1. The molecule has 1 aromatic carbocycles. The van der Waals surface area contributed by atoms with Crippen molar-refractivity contribution >= 4 is 57.6 Å². The van der Waals surface area contributed by atoms with E-state index < -0.39 is 17.6 Å². The van der Waals surface area contributed by atoms with Crippen molar-refractivity contribution in [3.05, 3.63) is 62.9 Å². The first-order valence-corrected chi connectivity index (χ1v) is 13.5. The molecule has 0 radical (unpaired) electrons. The molecular weight excluding hydrogens is 571 g/mol. The van der Waals surface area contributed by atoms with Crippen molar-refractivity contribution in [2.24, 2.45) is 12.8 Å². The van der Waals surface area contributed by atoms with Crippen molar-refractivity contribution in [3.63, 3.8) is 0 Å². The molecule has 2 atom stereocenters. The van der Waals surface area contributed by atoms with E-state index in [2.05, 4.69) is 39.3 Å². The van der Waals surface area contributed by atoms with E-state index in [4.69, 9.17) is 28.9 Å². The molecule has 12 nitrogen and oxygen atoms in total. The summed E-state index contributed by atoms with van der Waals surface area (Å²) in [7, 11) is 1.55. The van der Waals surface area contributed by atoms with Crippen LogP contribution < -0.4 is 26.8 Å². The lowest BCUT2D eigenvalue weighted by Gasteiger charge is -2.37. The third-order valence-electron chi connectivity index (χ3n) is 6.89. The van der Waals surface area contributed by atoms with Gasteiger partial charge < -0.3 is 35.5 Å². The van der Waals surface area contributed by atoms with Gasteiger partial charge in [-0.1, -0.05) is 23.2 Å². The first-order valence-electron chi connectivity index (χ1n) is 12.8. The van der Waals surface area contributed by atoms with E-state index in [1.54, 1.807) is 19.3 Å². The van der Waals surface area contributed by atoms with E-state index in [1.807, 2.05) is 0 Å². The zero-order valence-electron chi connectivity index (χ0n) is 22.5. The zero-order chi connectivity index (χ0) is 29.6. The molecule has 1 saturated heterocycles. The van der Waals surface area contributed by atoms with Crippen LogP contribution in [-0.4, -0.2) is 61.2 Å². The number of hydrogen-bond donors (Lipinski definition) is 4. The lowest BCUT2D eigenvalue weighted by atomic mass is 10.0. The fraction of sp³-hybridized carbons (Fsp3) is 0.296. The minimum Gasteiger partial charge on any atom is -0.506 e. The van der Waals surface area contributed by atoms with Crippen molar-refractivity contribution in [2.45, 2.75) is 32.5 Å². The Hall–Kier alpha value is -4.13. The van der Waals surface area contributed by atoms with Gasteiger partial charge in [0.1, 0.15) is 23.8 Å². The number of aromatic hydroxyl groups is 1. The summed E-state index contributed by atoms with van der Waals surface area (Å²) in [5.74, 6) is -1.08. The monoisotopic (exact) mass is 598 g/mol. The second-order valence-electron chi connectivity index (χ2n) is 10.2. The number of primary amides is 1. The average molecular weight is 599 g/mol. The Kier molecular flexibility index (Phi) is 7.64. The molecule has 1 aliphatic rings. The number of aryl methyl sites for hydroxylation is 1. The quantitative estimate of drug-likeness (QED) is 0.263. The summed E-state index contributed by atoms with van der Waals surface area (Å²) in [5, 5.41) is 16.9. The van der Waals surface area contributed by atoms with E-state index >= 15 is 0 Å². The Labute approximate surface area is 244 Å². The summed E-state index contributed by atoms with van der Waals surface area (Å²) < 4.78 is 2.81. The Bertz CT molecular complexity index is 1740. The lowest BCUT2D eigenvalue weighted by Crippen LogP contribution is -2.54. The molecule has 3 aromatic heterocycles. The Morgan fingerprint density at radius 2 is 1.85 bits per heavy atom. The van der Waals surface area contributed by atoms with Gasteiger partial charge in [0.25, 0.3) is 11.5 Å². The Morgan fingerprint density at radius 3 is 2.54 bits per heavy atom. The highest BCUT2D eigenvalue weighted by Crippen LogP contribution is 2.36. The number of piperazine rings is 1. The Balaban J connectivity index is 1.49. The van der Waals surface area contributed by atoms with Crippen molar-refractivity contribution in [3.8, 4) is 16.9 Å². The highest BCUT2D eigenvalue weighted by molar-refractivity contribution is 6.34. The van der Waals surface area contributed by atoms with Gasteiger partial charge in [-0.2, -0.15) is 0 Å². The molecule has 0 bridgehead atoms. The van der Waals surface area contributed by atoms with Crippen LogP contribution in [0.1, 0.15) is 24.2 Å². The minimum absolute atomic E-state index is 0.118. The molecule has 5 rings (SSSR count). The lowest BCUT2D eigenvalue weighted by molar-refractivity contribution is -0.116. The van der Waals surface area contributed by atoms with Gasteiger partial charge in [-0.25, -0.2) is 9.97 Å². The van der Waals surface area contributed by atoms with E-state index in [-0.39, 0.29) is 50.8 Å². The smallest absolute Gasteiger partial charge is 0.263 e.